The van der Waals surface area contributed by atoms with E-state index in [4.69, 9.17) is 4.74 Å². The third-order valence-corrected chi connectivity index (χ3v) is 8.32. The largest absolute Gasteiger partial charge is 0.493 e. The van der Waals surface area contributed by atoms with E-state index in [0.29, 0.717) is 36.4 Å². The average molecular weight is 429 g/mol. The molecule has 1 aromatic heterocycles. The van der Waals surface area contributed by atoms with Gasteiger partial charge >= 0.3 is 0 Å². The van der Waals surface area contributed by atoms with Crippen LogP contribution in [0.15, 0.2) is 35.5 Å². The molecule has 160 valence electrons. The Morgan fingerprint density at radius 3 is 2.47 bits per heavy atom. The minimum atomic E-state index is -3.48. The molecule has 2 unspecified atom stereocenters. The van der Waals surface area contributed by atoms with Crippen molar-refractivity contribution in [1.82, 2.24) is 14.3 Å². The number of hydrogen-bond acceptors (Lipinski definition) is 6. The van der Waals surface area contributed by atoms with Crippen LogP contribution in [0.2, 0.25) is 0 Å². The number of rotatable bonds is 3. The predicted octanol–water partition coefficient (Wildman–Crippen LogP) is 2.47. The van der Waals surface area contributed by atoms with Gasteiger partial charge in [0.2, 0.25) is 10.0 Å². The lowest BCUT2D eigenvalue weighted by Gasteiger charge is -2.24. The fourth-order valence-electron chi connectivity index (χ4n) is 4.74. The van der Waals surface area contributed by atoms with Crippen LogP contribution in [0, 0.1) is 11.8 Å². The molecule has 2 saturated heterocycles. The maximum absolute atomic E-state index is 13.2. The molecule has 8 heteroatoms. The highest BCUT2D eigenvalue weighted by Gasteiger charge is 2.44. The van der Waals surface area contributed by atoms with Crippen LogP contribution in [-0.2, 0) is 21.9 Å². The van der Waals surface area contributed by atoms with Gasteiger partial charge in [-0.1, -0.05) is 20.8 Å². The highest BCUT2D eigenvalue weighted by molar-refractivity contribution is 7.89. The Morgan fingerprint density at radius 1 is 1.03 bits per heavy atom. The van der Waals surface area contributed by atoms with Gasteiger partial charge in [-0.05, 0) is 35.6 Å². The van der Waals surface area contributed by atoms with E-state index in [1.54, 1.807) is 28.8 Å². The van der Waals surface area contributed by atoms with Crippen LogP contribution in [0.5, 0.6) is 5.75 Å². The first-order valence-corrected chi connectivity index (χ1v) is 12.0. The second kappa shape index (κ2) is 6.92. The van der Waals surface area contributed by atoms with Gasteiger partial charge in [-0.3, -0.25) is 0 Å². The van der Waals surface area contributed by atoms with Crippen LogP contribution in [0.25, 0.3) is 0 Å². The van der Waals surface area contributed by atoms with Crippen LogP contribution in [-0.4, -0.2) is 55.5 Å². The molecule has 4 heterocycles. The maximum Gasteiger partial charge on any atom is 0.243 e. The summed E-state index contributed by atoms with van der Waals surface area (Å²) in [4.78, 5) is 11.6. The van der Waals surface area contributed by atoms with Crippen molar-refractivity contribution in [3.8, 4) is 5.75 Å². The van der Waals surface area contributed by atoms with Gasteiger partial charge in [0.25, 0.3) is 0 Å². The van der Waals surface area contributed by atoms with Gasteiger partial charge < -0.3 is 9.64 Å². The zero-order valence-electron chi connectivity index (χ0n) is 17.7. The normalized spacial score (nSPS) is 24.0. The van der Waals surface area contributed by atoms with Crippen molar-refractivity contribution >= 4 is 15.8 Å². The molecule has 2 fully saturated rings. The molecule has 0 saturated carbocycles. The second-order valence-electron chi connectivity index (χ2n) is 9.63. The molecule has 7 nitrogen and oxygen atoms in total. The van der Waals surface area contributed by atoms with Crippen LogP contribution in [0.4, 0.5) is 5.82 Å². The molecule has 3 aliphatic rings. The number of ether oxygens (including phenoxy) is 1. The van der Waals surface area contributed by atoms with Crippen LogP contribution >= 0.6 is 0 Å². The van der Waals surface area contributed by atoms with E-state index < -0.39 is 10.0 Å². The topological polar surface area (TPSA) is 75.6 Å². The predicted molar refractivity (Wildman–Crippen MR) is 114 cm³/mol. The third-order valence-electron chi connectivity index (χ3n) is 6.50. The monoisotopic (exact) mass is 428 g/mol. The second-order valence-corrected chi connectivity index (χ2v) is 11.6. The van der Waals surface area contributed by atoms with Gasteiger partial charge in [0.15, 0.2) is 0 Å². The minimum absolute atomic E-state index is 0.0287. The standard InChI is InChI=1S/C22H28N4O3S/c1-22(2,3)20-9-21(24-14-23-20)25-10-16-12-26(13-17(16)11-25)30(27,28)18-4-5-19-15(8-18)6-7-29-19/h4-5,8-9,14,16-17H,6-7,10-13H2,1-3H3. The van der Waals surface area contributed by atoms with Crippen molar-refractivity contribution in [3.63, 3.8) is 0 Å². The lowest BCUT2D eigenvalue weighted by Crippen LogP contribution is -2.33. The zero-order valence-corrected chi connectivity index (χ0v) is 18.5. The number of nitrogens with zero attached hydrogens (tertiary/aromatic N) is 4. The molecule has 5 rings (SSSR count). The maximum atomic E-state index is 13.2. The molecular weight excluding hydrogens is 400 g/mol. The summed E-state index contributed by atoms with van der Waals surface area (Å²) in [6, 6.07) is 7.32. The van der Waals surface area contributed by atoms with Gasteiger partial charge in [-0.2, -0.15) is 4.31 Å². The van der Waals surface area contributed by atoms with Crippen molar-refractivity contribution in [2.75, 3.05) is 37.7 Å². The molecule has 0 spiro atoms. The van der Waals surface area contributed by atoms with Crippen molar-refractivity contribution in [3.05, 3.63) is 41.9 Å². The first-order chi connectivity index (χ1) is 14.2. The van der Waals surface area contributed by atoms with E-state index in [2.05, 4.69) is 41.7 Å². The highest BCUT2D eigenvalue weighted by Crippen LogP contribution is 2.37. The number of benzene rings is 1. The minimum Gasteiger partial charge on any atom is -0.493 e. The Kier molecular flexibility index (Phi) is 4.56. The summed E-state index contributed by atoms with van der Waals surface area (Å²) in [6.07, 6.45) is 2.41. The van der Waals surface area contributed by atoms with Crippen LogP contribution < -0.4 is 9.64 Å². The molecule has 0 bridgehead atoms. The molecule has 2 atom stereocenters. The summed E-state index contributed by atoms with van der Waals surface area (Å²) in [7, 11) is -3.48. The summed E-state index contributed by atoms with van der Waals surface area (Å²) in [5, 5.41) is 0. The number of aromatic nitrogens is 2. The Hall–Kier alpha value is -2.19. The Labute approximate surface area is 178 Å². The molecule has 0 amide bonds. The van der Waals surface area contributed by atoms with Crippen molar-refractivity contribution < 1.29 is 13.2 Å². The van der Waals surface area contributed by atoms with Crippen LogP contribution in [0.3, 0.4) is 0 Å². The summed E-state index contributed by atoms with van der Waals surface area (Å²) in [5.41, 5.74) is 1.98. The smallest absolute Gasteiger partial charge is 0.243 e. The lowest BCUT2D eigenvalue weighted by molar-refractivity contribution is 0.356. The van der Waals surface area contributed by atoms with Crippen molar-refractivity contribution in [2.45, 2.75) is 37.5 Å². The summed E-state index contributed by atoms with van der Waals surface area (Å²) >= 11 is 0. The molecule has 0 aliphatic carbocycles. The molecule has 3 aliphatic heterocycles. The van der Waals surface area contributed by atoms with Crippen LogP contribution in [0.1, 0.15) is 32.0 Å². The average Bonchev–Trinajstić information content (AvgIpc) is 3.41. The summed E-state index contributed by atoms with van der Waals surface area (Å²) < 4.78 is 33.6. The number of fused-ring (bicyclic) bond motifs is 2. The van der Waals surface area contributed by atoms with Crippen molar-refractivity contribution in [1.29, 1.82) is 0 Å². The number of hydrogen-bond donors (Lipinski definition) is 0. The van der Waals surface area contributed by atoms with E-state index in [0.717, 1.165) is 42.3 Å². The Morgan fingerprint density at radius 2 is 1.77 bits per heavy atom. The van der Waals surface area contributed by atoms with Gasteiger partial charge in [-0.25, -0.2) is 18.4 Å². The first kappa shape index (κ1) is 19.8. The van der Waals surface area contributed by atoms with E-state index in [1.807, 2.05) is 0 Å². The fourth-order valence-corrected chi connectivity index (χ4v) is 6.34. The number of anilines is 1. The zero-order chi connectivity index (χ0) is 21.1. The number of sulfonamides is 1. The molecule has 0 N–H and O–H groups in total. The van der Waals surface area contributed by atoms with E-state index in [9.17, 15) is 8.42 Å². The van der Waals surface area contributed by atoms with Crippen molar-refractivity contribution in [2.24, 2.45) is 11.8 Å². The van der Waals surface area contributed by atoms with Gasteiger partial charge in [-0.15, -0.1) is 0 Å². The molecular formula is C22H28N4O3S. The SMILES string of the molecule is CC(C)(C)c1cc(N2CC3CN(S(=O)(=O)c4ccc5c(c4)CCO5)CC3C2)ncn1. The summed E-state index contributed by atoms with van der Waals surface area (Å²) in [6.45, 7) is 9.85. The molecule has 1 aromatic carbocycles. The molecule has 30 heavy (non-hydrogen) atoms. The van der Waals surface area contributed by atoms with Gasteiger partial charge in [0.05, 0.1) is 17.2 Å². The van der Waals surface area contributed by atoms with Gasteiger partial charge in [0, 0.05) is 44.1 Å². The van der Waals surface area contributed by atoms with E-state index in [1.165, 1.54) is 0 Å². The molecule has 0 radical (unpaired) electrons. The lowest BCUT2D eigenvalue weighted by atomic mass is 9.92. The Bertz CT molecular complexity index is 1070. The first-order valence-electron chi connectivity index (χ1n) is 10.6. The fraction of sp³-hybridized carbons (Fsp3) is 0.545. The Balaban J connectivity index is 1.30. The highest BCUT2D eigenvalue weighted by atomic mass is 32.2. The third kappa shape index (κ3) is 3.36. The van der Waals surface area contributed by atoms with E-state index in [-0.39, 0.29) is 5.41 Å². The quantitative estimate of drug-likeness (QED) is 0.748. The molecule has 2 aromatic rings. The van der Waals surface area contributed by atoms with Gasteiger partial charge in [0.1, 0.15) is 17.9 Å². The summed E-state index contributed by atoms with van der Waals surface area (Å²) in [5.74, 6) is 2.40. The van der Waals surface area contributed by atoms with E-state index >= 15 is 0 Å².